The average Bonchev–Trinajstić information content (AvgIpc) is 2.43. The summed E-state index contributed by atoms with van der Waals surface area (Å²) in [6.45, 7) is 4.57. The molecule has 19 heavy (non-hydrogen) atoms. The Bertz CT molecular complexity index is 381. The molecule has 0 fully saturated rings. The van der Waals surface area contributed by atoms with Crippen molar-refractivity contribution < 1.29 is 14.3 Å². The van der Waals surface area contributed by atoms with Crippen molar-refractivity contribution in [3.8, 4) is 5.75 Å². The molecule has 1 aromatic carbocycles. The molecule has 0 saturated heterocycles. The lowest BCUT2D eigenvalue weighted by Gasteiger charge is -2.18. The fourth-order valence-corrected chi connectivity index (χ4v) is 1.73. The molecule has 5 heteroatoms. The van der Waals surface area contributed by atoms with Gasteiger partial charge >= 0.3 is 5.97 Å². The van der Waals surface area contributed by atoms with E-state index in [4.69, 9.17) is 16.3 Å². The molecule has 0 saturated carbocycles. The van der Waals surface area contributed by atoms with Gasteiger partial charge in [-0.2, -0.15) is 0 Å². The maximum atomic E-state index is 11.2. The fourth-order valence-electron chi connectivity index (χ4n) is 1.61. The molecule has 0 N–H and O–H groups in total. The molecule has 0 radical (unpaired) electrons. The van der Waals surface area contributed by atoms with E-state index in [-0.39, 0.29) is 5.97 Å². The summed E-state index contributed by atoms with van der Waals surface area (Å²) in [5, 5.41) is 0.697. The van der Waals surface area contributed by atoms with Gasteiger partial charge in [-0.1, -0.05) is 18.5 Å². The first-order valence-electron chi connectivity index (χ1n) is 6.33. The molecule has 1 aromatic rings. The number of carbonyl (C=O) groups is 1. The van der Waals surface area contributed by atoms with Gasteiger partial charge in [-0.05, 0) is 37.2 Å². The molecule has 1 rings (SSSR count). The van der Waals surface area contributed by atoms with Crippen LogP contribution in [0.4, 0.5) is 0 Å². The van der Waals surface area contributed by atoms with Crippen molar-refractivity contribution in [1.29, 1.82) is 0 Å². The summed E-state index contributed by atoms with van der Waals surface area (Å²) in [6, 6.07) is 7.28. The molecule has 0 aromatic heterocycles. The van der Waals surface area contributed by atoms with Crippen molar-refractivity contribution in [2.45, 2.75) is 13.3 Å². The van der Waals surface area contributed by atoms with Gasteiger partial charge in [0.05, 0.1) is 20.3 Å². The molecule has 0 bridgehead atoms. The number of ether oxygens (including phenoxy) is 2. The van der Waals surface area contributed by atoms with Crippen molar-refractivity contribution in [3.05, 3.63) is 29.3 Å². The Morgan fingerprint density at radius 3 is 2.58 bits per heavy atom. The molecule has 0 aliphatic rings. The number of nitrogens with zero attached hydrogens (tertiary/aromatic N) is 1. The lowest BCUT2D eigenvalue weighted by Crippen LogP contribution is -2.32. The molecule has 0 aliphatic heterocycles. The second-order valence-corrected chi connectivity index (χ2v) is 4.54. The van der Waals surface area contributed by atoms with Gasteiger partial charge in [-0.15, -0.1) is 0 Å². The molecular formula is C14H20ClNO3. The number of likely N-dealkylation sites (N-methyl/N-ethyl adjacent to an activating group) is 1. The first-order chi connectivity index (χ1) is 9.15. The Morgan fingerprint density at radius 1 is 1.32 bits per heavy atom. The highest BCUT2D eigenvalue weighted by atomic mass is 35.5. The van der Waals surface area contributed by atoms with Crippen LogP contribution in [0.5, 0.6) is 5.75 Å². The molecule has 0 spiro atoms. The van der Waals surface area contributed by atoms with Crippen LogP contribution < -0.4 is 4.74 Å². The van der Waals surface area contributed by atoms with Gasteiger partial charge in [0.25, 0.3) is 0 Å². The molecule has 106 valence electrons. The van der Waals surface area contributed by atoms with E-state index in [9.17, 15) is 4.79 Å². The van der Waals surface area contributed by atoms with Crippen LogP contribution >= 0.6 is 11.6 Å². The average molecular weight is 286 g/mol. The number of benzene rings is 1. The summed E-state index contributed by atoms with van der Waals surface area (Å²) >= 11 is 5.79. The first-order valence-corrected chi connectivity index (χ1v) is 6.71. The second-order valence-electron chi connectivity index (χ2n) is 4.10. The predicted molar refractivity (Wildman–Crippen MR) is 75.7 cm³/mol. The van der Waals surface area contributed by atoms with E-state index in [0.717, 1.165) is 25.3 Å². The molecule has 0 atom stereocenters. The van der Waals surface area contributed by atoms with Crippen molar-refractivity contribution in [2.75, 3.05) is 33.4 Å². The van der Waals surface area contributed by atoms with E-state index >= 15 is 0 Å². The summed E-state index contributed by atoms with van der Waals surface area (Å²) < 4.78 is 10.2. The quantitative estimate of drug-likeness (QED) is 0.544. The van der Waals surface area contributed by atoms with Gasteiger partial charge in [0.1, 0.15) is 5.75 Å². The highest BCUT2D eigenvalue weighted by Crippen LogP contribution is 2.15. The van der Waals surface area contributed by atoms with Crippen molar-refractivity contribution in [2.24, 2.45) is 0 Å². The van der Waals surface area contributed by atoms with Crippen molar-refractivity contribution >= 4 is 17.6 Å². The Kier molecular flexibility index (Phi) is 7.30. The largest absolute Gasteiger partial charge is 0.494 e. The number of halogens is 1. The molecule has 0 heterocycles. The van der Waals surface area contributed by atoms with E-state index in [1.165, 1.54) is 7.11 Å². The Morgan fingerprint density at radius 2 is 2.00 bits per heavy atom. The Labute approximate surface area is 119 Å². The van der Waals surface area contributed by atoms with Crippen LogP contribution in [-0.2, 0) is 9.53 Å². The number of esters is 1. The lowest BCUT2D eigenvalue weighted by molar-refractivity contribution is -0.141. The van der Waals surface area contributed by atoms with Gasteiger partial charge in [-0.3, -0.25) is 9.69 Å². The SMILES string of the molecule is CCN(CCCOc1ccc(Cl)cc1)CC(=O)OC. The van der Waals surface area contributed by atoms with Crippen molar-refractivity contribution in [1.82, 2.24) is 4.90 Å². The van der Waals surface area contributed by atoms with Crippen LogP contribution in [0.3, 0.4) is 0 Å². The minimum Gasteiger partial charge on any atom is -0.494 e. The van der Waals surface area contributed by atoms with Crippen LogP contribution in [-0.4, -0.2) is 44.2 Å². The summed E-state index contributed by atoms with van der Waals surface area (Å²) in [7, 11) is 1.40. The number of hydrogen-bond donors (Lipinski definition) is 0. The van der Waals surface area contributed by atoms with E-state index in [1.54, 1.807) is 12.1 Å². The van der Waals surface area contributed by atoms with Crippen LogP contribution in [0.25, 0.3) is 0 Å². The maximum absolute atomic E-state index is 11.2. The lowest BCUT2D eigenvalue weighted by atomic mass is 10.3. The molecule has 0 unspecified atom stereocenters. The summed E-state index contributed by atoms with van der Waals surface area (Å²) in [5.41, 5.74) is 0. The molecular weight excluding hydrogens is 266 g/mol. The number of hydrogen-bond acceptors (Lipinski definition) is 4. The van der Waals surface area contributed by atoms with Crippen LogP contribution in [0.15, 0.2) is 24.3 Å². The van der Waals surface area contributed by atoms with Gasteiger partial charge < -0.3 is 9.47 Å². The topological polar surface area (TPSA) is 38.8 Å². The van der Waals surface area contributed by atoms with E-state index in [1.807, 2.05) is 24.0 Å². The molecule has 4 nitrogen and oxygen atoms in total. The minimum absolute atomic E-state index is 0.208. The smallest absolute Gasteiger partial charge is 0.319 e. The third-order valence-corrected chi connectivity index (χ3v) is 2.98. The van der Waals surface area contributed by atoms with Crippen LogP contribution in [0, 0.1) is 0 Å². The van der Waals surface area contributed by atoms with E-state index < -0.39 is 0 Å². The van der Waals surface area contributed by atoms with Crippen LogP contribution in [0.1, 0.15) is 13.3 Å². The molecule has 0 amide bonds. The zero-order valence-electron chi connectivity index (χ0n) is 11.4. The van der Waals surface area contributed by atoms with Gasteiger partial charge in [0.15, 0.2) is 0 Å². The van der Waals surface area contributed by atoms with E-state index in [2.05, 4.69) is 4.74 Å². The Balaban J connectivity index is 2.21. The summed E-state index contributed by atoms with van der Waals surface area (Å²) in [4.78, 5) is 13.2. The highest BCUT2D eigenvalue weighted by molar-refractivity contribution is 6.30. The van der Waals surface area contributed by atoms with Gasteiger partial charge in [0.2, 0.25) is 0 Å². The zero-order chi connectivity index (χ0) is 14.1. The summed E-state index contributed by atoms with van der Waals surface area (Å²) in [5.74, 6) is 0.598. The maximum Gasteiger partial charge on any atom is 0.319 e. The number of carbonyl (C=O) groups excluding carboxylic acids is 1. The van der Waals surface area contributed by atoms with Gasteiger partial charge in [-0.25, -0.2) is 0 Å². The zero-order valence-corrected chi connectivity index (χ0v) is 12.2. The minimum atomic E-state index is -0.208. The van der Waals surface area contributed by atoms with E-state index in [0.29, 0.717) is 18.2 Å². The van der Waals surface area contributed by atoms with Gasteiger partial charge in [0, 0.05) is 11.6 Å². The van der Waals surface area contributed by atoms with Crippen LogP contribution in [0.2, 0.25) is 5.02 Å². The Hall–Kier alpha value is -1.26. The summed E-state index contributed by atoms with van der Waals surface area (Å²) in [6.07, 6.45) is 0.855. The highest BCUT2D eigenvalue weighted by Gasteiger charge is 2.08. The second kappa shape index (κ2) is 8.77. The monoisotopic (exact) mass is 285 g/mol. The first kappa shape index (κ1) is 15.8. The predicted octanol–water partition coefficient (Wildman–Crippen LogP) is 2.60. The number of rotatable bonds is 8. The standard InChI is InChI=1S/C14H20ClNO3/c1-3-16(11-14(17)18-2)9-4-10-19-13-7-5-12(15)6-8-13/h5-8H,3-4,9-11H2,1-2H3. The van der Waals surface area contributed by atoms with Crippen molar-refractivity contribution in [3.63, 3.8) is 0 Å². The molecule has 0 aliphatic carbocycles. The normalized spacial score (nSPS) is 10.5. The third-order valence-electron chi connectivity index (χ3n) is 2.73. The number of methoxy groups -OCH3 is 1. The third kappa shape index (κ3) is 6.45. The fraction of sp³-hybridized carbons (Fsp3) is 0.500.